The van der Waals surface area contributed by atoms with Crippen LogP contribution in [0.25, 0.3) is 21.8 Å². The molecule has 0 unspecified atom stereocenters. The smallest absolute Gasteiger partial charge is 0.0714 e. The minimum atomic E-state index is 0.869. The summed E-state index contributed by atoms with van der Waals surface area (Å²) in [4.78, 5) is 12.6. The molecular formula is C24H16N2S3. The molecule has 140 valence electrons. The third kappa shape index (κ3) is 3.69. The van der Waals surface area contributed by atoms with Gasteiger partial charge in [0.2, 0.25) is 0 Å². The fraction of sp³-hybridized carbons (Fsp3) is 0. The van der Waals surface area contributed by atoms with E-state index in [1.165, 1.54) is 9.79 Å². The normalized spacial score (nSPS) is 11.2. The highest BCUT2D eigenvalue weighted by Gasteiger charge is 2.13. The van der Waals surface area contributed by atoms with Crippen molar-refractivity contribution >= 4 is 57.5 Å². The number of hydrogen-bond acceptors (Lipinski definition) is 4. The van der Waals surface area contributed by atoms with Crippen molar-refractivity contribution in [2.24, 2.45) is 0 Å². The Morgan fingerprint density at radius 3 is 2.31 bits per heavy atom. The van der Waals surface area contributed by atoms with Crippen LogP contribution >= 0.6 is 35.7 Å². The Hall–Kier alpha value is -2.60. The molecule has 5 aromatic rings. The van der Waals surface area contributed by atoms with E-state index >= 15 is 0 Å². The lowest BCUT2D eigenvalue weighted by Crippen LogP contribution is -1.88. The minimum absolute atomic E-state index is 0.869. The van der Waals surface area contributed by atoms with E-state index in [-0.39, 0.29) is 0 Å². The van der Waals surface area contributed by atoms with E-state index in [0.29, 0.717) is 0 Å². The summed E-state index contributed by atoms with van der Waals surface area (Å²) >= 11 is 9.23. The molecule has 2 heterocycles. The van der Waals surface area contributed by atoms with Gasteiger partial charge < -0.3 is 4.98 Å². The molecule has 0 aliphatic heterocycles. The summed E-state index contributed by atoms with van der Waals surface area (Å²) < 4.78 is 0.869. The molecule has 0 aliphatic carbocycles. The van der Waals surface area contributed by atoms with Gasteiger partial charge in [-0.2, -0.15) is 0 Å². The van der Waals surface area contributed by atoms with E-state index in [0.717, 1.165) is 36.1 Å². The summed E-state index contributed by atoms with van der Waals surface area (Å²) in [5.41, 5.74) is 2.05. The van der Waals surface area contributed by atoms with Crippen LogP contribution in [0.5, 0.6) is 0 Å². The van der Waals surface area contributed by atoms with Gasteiger partial charge in [0.25, 0.3) is 0 Å². The van der Waals surface area contributed by atoms with Gasteiger partial charge in [0.05, 0.1) is 10.0 Å². The van der Waals surface area contributed by atoms with Crippen LogP contribution in [-0.2, 0) is 0 Å². The molecule has 0 radical (unpaired) electrons. The molecule has 0 aliphatic rings. The molecule has 29 heavy (non-hydrogen) atoms. The van der Waals surface area contributed by atoms with Crippen LogP contribution in [-0.4, -0.2) is 9.97 Å². The first-order valence-electron chi connectivity index (χ1n) is 9.18. The predicted octanol–water partition coefficient (Wildman–Crippen LogP) is 7.75. The predicted molar refractivity (Wildman–Crippen MR) is 126 cm³/mol. The monoisotopic (exact) mass is 428 g/mol. The summed E-state index contributed by atoms with van der Waals surface area (Å²) in [7, 11) is 0. The maximum absolute atomic E-state index is 5.79. The highest BCUT2D eigenvalue weighted by molar-refractivity contribution is 8.02. The zero-order chi connectivity index (χ0) is 19.6. The highest BCUT2D eigenvalue weighted by atomic mass is 32.2. The zero-order valence-electron chi connectivity index (χ0n) is 15.3. The number of benzene rings is 3. The molecule has 0 saturated carbocycles. The molecular weight excluding hydrogens is 412 g/mol. The number of nitrogens with one attached hydrogen (secondary N) is 1. The van der Waals surface area contributed by atoms with Crippen molar-refractivity contribution in [3.05, 3.63) is 95.8 Å². The van der Waals surface area contributed by atoms with Crippen molar-refractivity contribution in [2.45, 2.75) is 19.6 Å². The lowest BCUT2D eigenvalue weighted by atomic mass is 10.2. The summed E-state index contributed by atoms with van der Waals surface area (Å²) in [6.07, 6.45) is 3.96. The molecule has 0 amide bonds. The number of pyridine rings is 2. The topological polar surface area (TPSA) is 28.7 Å². The molecule has 0 fully saturated rings. The van der Waals surface area contributed by atoms with Crippen LogP contribution in [0.2, 0.25) is 0 Å². The van der Waals surface area contributed by atoms with Gasteiger partial charge in [-0.15, -0.1) is 0 Å². The molecule has 0 bridgehead atoms. The fourth-order valence-electron chi connectivity index (χ4n) is 3.22. The summed E-state index contributed by atoms with van der Waals surface area (Å²) in [6.45, 7) is 0. The van der Waals surface area contributed by atoms with Gasteiger partial charge in [-0.25, -0.2) is 0 Å². The molecule has 2 aromatic heterocycles. The molecule has 0 saturated heterocycles. The number of H-pyrrole nitrogens is 1. The number of para-hydroxylation sites is 2. The minimum Gasteiger partial charge on any atom is -0.360 e. The Morgan fingerprint density at radius 2 is 1.45 bits per heavy atom. The first kappa shape index (κ1) is 18.4. The molecule has 1 N–H and O–H groups in total. The van der Waals surface area contributed by atoms with E-state index in [4.69, 9.17) is 17.2 Å². The van der Waals surface area contributed by atoms with Crippen LogP contribution in [0.1, 0.15) is 0 Å². The largest absolute Gasteiger partial charge is 0.360 e. The number of aromatic nitrogens is 2. The van der Waals surface area contributed by atoms with Gasteiger partial charge >= 0.3 is 0 Å². The Morgan fingerprint density at radius 1 is 0.724 bits per heavy atom. The van der Waals surface area contributed by atoms with Crippen molar-refractivity contribution < 1.29 is 0 Å². The van der Waals surface area contributed by atoms with E-state index in [1.807, 2.05) is 42.7 Å². The fourth-order valence-corrected chi connectivity index (χ4v) is 5.67. The Balaban J connectivity index is 1.64. The lowest BCUT2D eigenvalue weighted by molar-refractivity contribution is 1.18. The number of rotatable bonds is 4. The average Bonchev–Trinajstić information content (AvgIpc) is 2.78. The Kier molecular flexibility index (Phi) is 5.10. The maximum Gasteiger partial charge on any atom is 0.0714 e. The van der Waals surface area contributed by atoms with Gasteiger partial charge in [-0.05, 0) is 24.3 Å². The number of fused-ring (bicyclic) bond motifs is 2. The second-order valence-electron chi connectivity index (χ2n) is 6.51. The van der Waals surface area contributed by atoms with E-state index in [1.54, 1.807) is 23.5 Å². The van der Waals surface area contributed by atoms with Crippen LogP contribution in [0, 0.1) is 4.51 Å². The van der Waals surface area contributed by atoms with E-state index < -0.39 is 0 Å². The Bertz CT molecular complexity index is 1380. The summed E-state index contributed by atoms with van der Waals surface area (Å²) in [6, 6.07) is 26.9. The number of nitrogens with zero attached hydrogens (tertiary/aromatic N) is 1. The van der Waals surface area contributed by atoms with E-state index in [2.05, 4.69) is 53.5 Å². The van der Waals surface area contributed by atoms with Gasteiger partial charge in [0.15, 0.2) is 0 Å². The standard InChI is InChI=1S/C24H16N2S3/c27-23-17-10-4-6-12-19(17)25-14-21(23)29-22-15-26-20-13-7-5-11-18(20)24(22)28-16-8-2-1-3-9-16/h1-15H,(H,25,27). The van der Waals surface area contributed by atoms with Crippen molar-refractivity contribution in [1.29, 1.82) is 0 Å². The third-order valence-electron chi connectivity index (χ3n) is 4.63. The van der Waals surface area contributed by atoms with Gasteiger partial charge in [-0.3, -0.25) is 4.98 Å². The first-order valence-corrected chi connectivity index (χ1v) is 11.2. The summed E-state index contributed by atoms with van der Waals surface area (Å²) in [5.74, 6) is 0. The molecule has 5 heteroatoms. The highest BCUT2D eigenvalue weighted by Crippen LogP contribution is 2.42. The van der Waals surface area contributed by atoms with Gasteiger partial charge in [0.1, 0.15) is 0 Å². The van der Waals surface area contributed by atoms with Gasteiger partial charge in [0, 0.05) is 48.3 Å². The lowest BCUT2D eigenvalue weighted by Gasteiger charge is -2.12. The van der Waals surface area contributed by atoms with Crippen molar-refractivity contribution in [2.75, 3.05) is 0 Å². The van der Waals surface area contributed by atoms with Gasteiger partial charge in [-0.1, -0.05) is 90.3 Å². The maximum atomic E-state index is 5.79. The van der Waals surface area contributed by atoms with E-state index in [9.17, 15) is 0 Å². The van der Waals surface area contributed by atoms with Crippen LogP contribution in [0.4, 0.5) is 0 Å². The molecule has 2 nitrogen and oxygen atoms in total. The van der Waals surface area contributed by atoms with Crippen molar-refractivity contribution in [3.8, 4) is 0 Å². The number of hydrogen-bond donors (Lipinski definition) is 1. The third-order valence-corrected chi connectivity index (χ3v) is 7.55. The van der Waals surface area contributed by atoms with Crippen LogP contribution < -0.4 is 0 Å². The van der Waals surface area contributed by atoms with Crippen molar-refractivity contribution in [1.82, 2.24) is 9.97 Å². The molecule has 0 atom stereocenters. The first-order chi connectivity index (χ1) is 14.3. The molecule has 5 rings (SSSR count). The zero-order valence-corrected chi connectivity index (χ0v) is 17.8. The van der Waals surface area contributed by atoms with Crippen LogP contribution in [0.15, 0.2) is 111 Å². The molecule has 3 aromatic carbocycles. The van der Waals surface area contributed by atoms with Crippen LogP contribution in [0.3, 0.4) is 0 Å². The Labute approximate surface area is 182 Å². The second kappa shape index (κ2) is 8.03. The van der Waals surface area contributed by atoms with Crippen molar-refractivity contribution in [3.63, 3.8) is 0 Å². The molecule has 0 spiro atoms. The quantitative estimate of drug-likeness (QED) is 0.296. The SMILES string of the molecule is S=c1c(Sc2cnc3ccccc3c2Sc2ccccc2)c[nH]c2ccccc12. The number of aromatic amines is 1. The average molecular weight is 429 g/mol. The summed E-state index contributed by atoms with van der Waals surface area (Å²) in [5, 5.41) is 2.22. The second-order valence-corrected chi connectivity index (χ2v) is 9.09.